The van der Waals surface area contributed by atoms with E-state index < -0.39 is 12.1 Å². The number of nitrogens with one attached hydrogen (secondary N) is 1. The van der Waals surface area contributed by atoms with Crippen molar-refractivity contribution in [1.29, 1.82) is 5.26 Å². The highest BCUT2D eigenvalue weighted by Gasteiger charge is 2.21. The molecule has 0 radical (unpaired) electrons. The SMILES string of the molecule is N#Cc1ccccc1NC(=S)c1snnc1C(F)F. The highest BCUT2D eigenvalue weighted by atomic mass is 32.1. The minimum atomic E-state index is -2.74. The molecule has 0 fully saturated rings. The molecule has 0 atom stereocenters. The Morgan fingerprint density at radius 2 is 2.16 bits per heavy atom. The van der Waals surface area contributed by atoms with Crippen LogP contribution in [0.4, 0.5) is 14.5 Å². The van der Waals surface area contributed by atoms with E-state index in [1.165, 1.54) is 0 Å². The molecule has 0 unspecified atom stereocenters. The molecule has 1 aromatic carbocycles. The zero-order valence-corrected chi connectivity index (χ0v) is 10.9. The van der Waals surface area contributed by atoms with E-state index in [9.17, 15) is 8.78 Å². The van der Waals surface area contributed by atoms with Crippen molar-refractivity contribution in [1.82, 2.24) is 9.59 Å². The van der Waals surface area contributed by atoms with Gasteiger partial charge in [0.25, 0.3) is 6.43 Å². The molecule has 96 valence electrons. The number of alkyl halides is 2. The Kier molecular flexibility index (Phi) is 4.09. The fraction of sp³-hybridized carbons (Fsp3) is 0.0909. The Labute approximate surface area is 116 Å². The Balaban J connectivity index is 2.27. The monoisotopic (exact) mass is 296 g/mol. The van der Waals surface area contributed by atoms with Crippen LogP contribution in [0.15, 0.2) is 24.3 Å². The van der Waals surface area contributed by atoms with Crippen LogP contribution in [0.3, 0.4) is 0 Å². The number of para-hydroxylation sites is 1. The molecule has 0 saturated carbocycles. The molecule has 4 nitrogen and oxygen atoms in total. The van der Waals surface area contributed by atoms with Gasteiger partial charge in [0.15, 0.2) is 5.69 Å². The topological polar surface area (TPSA) is 61.6 Å². The number of hydrogen-bond acceptors (Lipinski definition) is 5. The maximum absolute atomic E-state index is 12.7. The van der Waals surface area contributed by atoms with Gasteiger partial charge in [-0.05, 0) is 23.7 Å². The fourth-order valence-electron chi connectivity index (χ4n) is 1.37. The molecule has 19 heavy (non-hydrogen) atoms. The van der Waals surface area contributed by atoms with Crippen molar-refractivity contribution in [3.63, 3.8) is 0 Å². The van der Waals surface area contributed by atoms with Crippen LogP contribution >= 0.6 is 23.8 Å². The van der Waals surface area contributed by atoms with Gasteiger partial charge in [-0.15, -0.1) is 5.10 Å². The normalized spacial score (nSPS) is 10.2. The molecule has 1 aromatic heterocycles. The first-order valence-electron chi connectivity index (χ1n) is 5.04. The van der Waals surface area contributed by atoms with Crippen LogP contribution in [-0.2, 0) is 0 Å². The quantitative estimate of drug-likeness (QED) is 0.882. The number of halogens is 2. The van der Waals surface area contributed by atoms with Crippen molar-refractivity contribution in [2.45, 2.75) is 6.43 Å². The third kappa shape index (κ3) is 2.89. The summed E-state index contributed by atoms with van der Waals surface area (Å²) in [5, 5.41) is 15.0. The lowest BCUT2D eigenvalue weighted by molar-refractivity contribution is 0.146. The molecule has 8 heteroatoms. The van der Waals surface area contributed by atoms with Gasteiger partial charge in [-0.1, -0.05) is 28.8 Å². The summed E-state index contributed by atoms with van der Waals surface area (Å²) in [6, 6.07) is 8.64. The molecule has 1 heterocycles. The Hall–Kier alpha value is -1.98. The first-order valence-corrected chi connectivity index (χ1v) is 6.22. The number of nitriles is 1. The molecule has 0 aliphatic carbocycles. The predicted molar refractivity (Wildman–Crippen MR) is 71.3 cm³/mol. The van der Waals surface area contributed by atoms with Gasteiger partial charge in [0.1, 0.15) is 15.9 Å². The summed E-state index contributed by atoms with van der Waals surface area (Å²) in [7, 11) is 0. The van der Waals surface area contributed by atoms with Gasteiger partial charge in [0.05, 0.1) is 11.3 Å². The van der Waals surface area contributed by atoms with E-state index >= 15 is 0 Å². The molecule has 0 aliphatic heterocycles. The molecule has 0 spiro atoms. The first kappa shape index (κ1) is 13.5. The van der Waals surface area contributed by atoms with Crippen molar-refractivity contribution >= 4 is 34.4 Å². The van der Waals surface area contributed by atoms with Gasteiger partial charge in [0.2, 0.25) is 0 Å². The van der Waals surface area contributed by atoms with E-state index in [1.54, 1.807) is 24.3 Å². The molecule has 0 bridgehead atoms. The van der Waals surface area contributed by atoms with E-state index in [0.29, 0.717) is 11.3 Å². The largest absolute Gasteiger partial charge is 0.344 e. The number of nitrogens with zero attached hydrogens (tertiary/aromatic N) is 3. The standard InChI is InChI=1S/C11H6F2N4S2/c12-10(13)8-9(19-17-16-8)11(18)15-7-4-2-1-3-6(7)5-14/h1-4,10H,(H,15,18). The van der Waals surface area contributed by atoms with Gasteiger partial charge < -0.3 is 5.32 Å². The average Bonchev–Trinajstić information content (AvgIpc) is 2.88. The number of thiocarbonyl (C=S) groups is 1. The molecular weight excluding hydrogens is 290 g/mol. The van der Waals surface area contributed by atoms with E-state index in [-0.39, 0.29) is 9.87 Å². The Morgan fingerprint density at radius 3 is 2.84 bits per heavy atom. The van der Waals surface area contributed by atoms with Crippen molar-refractivity contribution in [3.8, 4) is 6.07 Å². The zero-order chi connectivity index (χ0) is 13.8. The smallest absolute Gasteiger partial charge is 0.283 e. The summed E-state index contributed by atoms with van der Waals surface area (Å²) in [5.41, 5.74) is 0.390. The summed E-state index contributed by atoms with van der Waals surface area (Å²) < 4.78 is 28.8. The van der Waals surface area contributed by atoms with Crippen LogP contribution in [-0.4, -0.2) is 14.6 Å². The predicted octanol–water partition coefficient (Wildman–Crippen LogP) is 3.13. The van der Waals surface area contributed by atoms with Gasteiger partial charge in [-0.2, -0.15) is 5.26 Å². The third-order valence-electron chi connectivity index (χ3n) is 2.22. The van der Waals surface area contributed by atoms with E-state index in [2.05, 4.69) is 14.9 Å². The molecule has 1 N–H and O–H groups in total. The Morgan fingerprint density at radius 1 is 1.42 bits per heavy atom. The minimum absolute atomic E-state index is 0.0769. The first-order chi connectivity index (χ1) is 9.13. The van der Waals surface area contributed by atoms with E-state index in [4.69, 9.17) is 17.5 Å². The second-order valence-electron chi connectivity index (χ2n) is 3.40. The van der Waals surface area contributed by atoms with Gasteiger partial charge in [0, 0.05) is 0 Å². The molecule has 2 rings (SSSR count). The Bertz CT molecular complexity index is 648. The summed E-state index contributed by atoms with van der Waals surface area (Å²) >= 11 is 5.84. The number of hydrogen-bond donors (Lipinski definition) is 1. The minimum Gasteiger partial charge on any atom is -0.344 e. The summed E-state index contributed by atoms with van der Waals surface area (Å²) in [6.45, 7) is 0. The number of rotatable bonds is 3. The number of anilines is 1. The van der Waals surface area contributed by atoms with Gasteiger partial charge >= 0.3 is 0 Å². The summed E-state index contributed by atoms with van der Waals surface area (Å²) in [4.78, 5) is 0.186. The van der Waals surface area contributed by atoms with Crippen molar-refractivity contribution in [2.75, 3.05) is 5.32 Å². The lowest BCUT2D eigenvalue weighted by atomic mass is 10.2. The van der Waals surface area contributed by atoms with Crippen molar-refractivity contribution in [2.24, 2.45) is 0 Å². The molecule has 2 aromatic rings. The molecular formula is C11H6F2N4S2. The average molecular weight is 296 g/mol. The maximum Gasteiger partial charge on any atom is 0.283 e. The van der Waals surface area contributed by atoms with Gasteiger partial charge in [-0.3, -0.25) is 0 Å². The zero-order valence-electron chi connectivity index (χ0n) is 9.30. The van der Waals surface area contributed by atoms with Crippen LogP contribution < -0.4 is 5.32 Å². The summed E-state index contributed by atoms with van der Waals surface area (Å²) in [6.07, 6.45) is -2.74. The summed E-state index contributed by atoms with van der Waals surface area (Å²) in [5.74, 6) is 0. The highest BCUT2D eigenvalue weighted by Crippen LogP contribution is 2.25. The molecule has 0 amide bonds. The van der Waals surface area contributed by atoms with Crippen molar-refractivity contribution in [3.05, 3.63) is 40.4 Å². The van der Waals surface area contributed by atoms with Crippen LogP contribution in [0.25, 0.3) is 0 Å². The van der Waals surface area contributed by atoms with Gasteiger partial charge in [-0.25, -0.2) is 8.78 Å². The van der Waals surface area contributed by atoms with Crippen LogP contribution in [0, 0.1) is 11.3 Å². The third-order valence-corrected chi connectivity index (χ3v) is 3.42. The second kappa shape index (κ2) is 5.77. The highest BCUT2D eigenvalue weighted by molar-refractivity contribution is 7.81. The fourth-order valence-corrected chi connectivity index (χ4v) is 2.26. The lowest BCUT2D eigenvalue weighted by Crippen LogP contribution is -2.12. The van der Waals surface area contributed by atoms with Crippen molar-refractivity contribution < 1.29 is 8.78 Å². The lowest BCUT2D eigenvalue weighted by Gasteiger charge is -2.08. The van der Waals surface area contributed by atoms with E-state index in [0.717, 1.165) is 11.5 Å². The molecule has 0 aliphatic rings. The maximum atomic E-state index is 12.7. The second-order valence-corrected chi connectivity index (χ2v) is 4.56. The van der Waals surface area contributed by atoms with Crippen LogP contribution in [0.2, 0.25) is 0 Å². The van der Waals surface area contributed by atoms with E-state index in [1.807, 2.05) is 6.07 Å². The van der Waals surface area contributed by atoms with Crippen LogP contribution in [0.1, 0.15) is 22.6 Å². The number of benzene rings is 1. The van der Waals surface area contributed by atoms with Crippen LogP contribution in [0.5, 0.6) is 0 Å². The number of aromatic nitrogens is 2. The molecule has 0 saturated heterocycles.